The van der Waals surface area contributed by atoms with Crippen LogP contribution in [0.4, 0.5) is 10.8 Å². The van der Waals surface area contributed by atoms with Crippen LogP contribution >= 0.6 is 27.3 Å². The Kier molecular flexibility index (Phi) is 5.48. The largest absolute Gasteiger partial charge is 0.483 e. The molecule has 1 aromatic heterocycles. The van der Waals surface area contributed by atoms with Crippen molar-refractivity contribution in [2.75, 3.05) is 11.9 Å². The van der Waals surface area contributed by atoms with Gasteiger partial charge in [-0.05, 0) is 46.1 Å². The van der Waals surface area contributed by atoms with E-state index in [0.717, 1.165) is 16.5 Å². The van der Waals surface area contributed by atoms with E-state index in [1.807, 2.05) is 18.2 Å². The van der Waals surface area contributed by atoms with E-state index < -0.39 is 4.92 Å². The summed E-state index contributed by atoms with van der Waals surface area (Å²) >= 11 is 4.60. The van der Waals surface area contributed by atoms with Gasteiger partial charge in [0.15, 0.2) is 11.7 Å². The molecule has 1 heterocycles. The van der Waals surface area contributed by atoms with E-state index in [1.54, 1.807) is 6.07 Å². The average Bonchev–Trinajstić information content (AvgIpc) is 3.01. The lowest BCUT2D eigenvalue weighted by molar-refractivity contribution is -0.384. The number of carbonyl (C=O) groups excluding carboxylic acids is 1. The number of fused-ring (bicyclic) bond motifs is 1. The van der Waals surface area contributed by atoms with Gasteiger partial charge in [0, 0.05) is 12.1 Å². The summed E-state index contributed by atoms with van der Waals surface area (Å²) in [5, 5.41) is 13.8. The van der Waals surface area contributed by atoms with Gasteiger partial charge in [-0.25, -0.2) is 4.98 Å². The number of rotatable bonds is 6. The van der Waals surface area contributed by atoms with E-state index in [9.17, 15) is 14.9 Å². The predicted octanol–water partition coefficient (Wildman–Crippen LogP) is 4.55. The maximum Gasteiger partial charge on any atom is 0.270 e. The lowest BCUT2D eigenvalue weighted by atomic mass is 10.2. The van der Waals surface area contributed by atoms with Gasteiger partial charge >= 0.3 is 0 Å². The van der Waals surface area contributed by atoms with Crippen LogP contribution in [-0.2, 0) is 11.2 Å². The summed E-state index contributed by atoms with van der Waals surface area (Å²) in [5.41, 5.74) is 1.75. The molecule has 0 aliphatic rings. The Morgan fingerprint density at radius 1 is 1.35 bits per heavy atom. The number of nitro benzene ring substituents is 1. The number of nitrogens with one attached hydrogen (secondary N) is 1. The number of carbonyl (C=O) groups is 1. The normalized spacial score (nSPS) is 10.7. The first-order valence-corrected chi connectivity index (χ1v) is 9.33. The second-order valence-corrected chi connectivity index (χ2v) is 7.27. The van der Waals surface area contributed by atoms with Gasteiger partial charge < -0.3 is 4.74 Å². The first-order valence-electron chi connectivity index (χ1n) is 7.72. The minimum absolute atomic E-state index is 0.0114. The number of thiazole rings is 1. The number of anilines is 1. The van der Waals surface area contributed by atoms with Crippen LogP contribution in [0, 0.1) is 10.1 Å². The summed E-state index contributed by atoms with van der Waals surface area (Å²) < 4.78 is 6.95. The van der Waals surface area contributed by atoms with Crippen LogP contribution in [0.2, 0.25) is 0 Å². The molecule has 0 saturated heterocycles. The Labute approximate surface area is 161 Å². The molecule has 1 amide bonds. The fourth-order valence-corrected chi connectivity index (χ4v) is 3.72. The van der Waals surface area contributed by atoms with E-state index in [2.05, 4.69) is 33.2 Å². The standard InChI is InChI=1S/C17H14BrN3O4S/c1-2-10-3-6-14(12(18)7-10)25-9-16(22)20-17-19-13-5-4-11(21(23)24)8-15(13)26-17/h3-8H,2,9H2,1H3,(H,19,20,22). The summed E-state index contributed by atoms with van der Waals surface area (Å²) in [6.45, 7) is 1.89. The third-order valence-electron chi connectivity index (χ3n) is 3.59. The molecule has 0 radical (unpaired) electrons. The average molecular weight is 436 g/mol. The third kappa shape index (κ3) is 4.17. The van der Waals surface area contributed by atoms with Crippen molar-refractivity contribution in [1.82, 2.24) is 4.98 Å². The van der Waals surface area contributed by atoms with Gasteiger partial charge in [0.25, 0.3) is 11.6 Å². The van der Waals surface area contributed by atoms with Crippen molar-refractivity contribution >= 4 is 54.2 Å². The number of benzene rings is 2. The second-order valence-electron chi connectivity index (χ2n) is 5.38. The number of hydrogen-bond acceptors (Lipinski definition) is 6. The van der Waals surface area contributed by atoms with Gasteiger partial charge in [-0.3, -0.25) is 20.2 Å². The number of aryl methyl sites for hydroxylation is 1. The maximum absolute atomic E-state index is 12.1. The summed E-state index contributed by atoms with van der Waals surface area (Å²) in [6, 6.07) is 10.1. The lowest BCUT2D eigenvalue weighted by Gasteiger charge is -2.08. The Hall–Kier alpha value is -2.52. The van der Waals surface area contributed by atoms with E-state index in [0.29, 0.717) is 21.1 Å². The highest BCUT2D eigenvalue weighted by molar-refractivity contribution is 9.10. The monoisotopic (exact) mass is 435 g/mol. The van der Waals surface area contributed by atoms with E-state index in [-0.39, 0.29) is 18.2 Å². The third-order valence-corrected chi connectivity index (χ3v) is 5.15. The Balaban J connectivity index is 1.64. The molecule has 134 valence electrons. The predicted molar refractivity (Wildman–Crippen MR) is 104 cm³/mol. The van der Waals surface area contributed by atoms with Crippen LogP contribution in [0.15, 0.2) is 40.9 Å². The molecule has 3 rings (SSSR count). The molecule has 0 aliphatic heterocycles. The number of aromatic nitrogens is 1. The van der Waals surface area contributed by atoms with Crippen molar-refractivity contribution in [1.29, 1.82) is 0 Å². The van der Waals surface area contributed by atoms with Gasteiger partial charge in [-0.2, -0.15) is 0 Å². The van der Waals surface area contributed by atoms with Crippen molar-refractivity contribution in [3.05, 3.63) is 56.5 Å². The van der Waals surface area contributed by atoms with Crippen LogP contribution < -0.4 is 10.1 Å². The molecule has 0 saturated carbocycles. The molecule has 0 bridgehead atoms. The highest BCUT2D eigenvalue weighted by atomic mass is 79.9. The minimum atomic E-state index is -0.465. The number of non-ortho nitro benzene ring substituents is 1. The molecule has 3 aromatic rings. The molecule has 0 atom stereocenters. The SMILES string of the molecule is CCc1ccc(OCC(=O)Nc2nc3ccc([N+](=O)[O-])cc3s2)c(Br)c1. The molecule has 0 fully saturated rings. The summed E-state index contributed by atoms with van der Waals surface area (Å²) in [7, 11) is 0. The Morgan fingerprint density at radius 3 is 2.85 bits per heavy atom. The lowest BCUT2D eigenvalue weighted by Crippen LogP contribution is -2.20. The highest BCUT2D eigenvalue weighted by Gasteiger charge is 2.13. The number of nitrogens with zero attached hydrogens (tertiary/aromatic N) is 2. The van der Waals surface area contributed by atoms with Gasteiger partial charge in [-0.1, -0.05) is 24.3 Å². The van der Waals surface area contributed by atoms with E-state index >= 15 is 0 Å². The summed E-state index contributed by atoms with van der Waals surface area (Å²) in [6.07, 6.45) is 0.912. The van der Waals surface area contributed by atoms with E-state index in [1.165, 1.54) is 23.5 Å². The van der Waals surface area contributed by atoms with Gasteiger partial charge in [0.1, 0.15) is 5.75 Å². The molecule has 9 heteroatoms. The minimum Gasteiger partial charge on any atom is -0.483 e. The molecule has 2 aromatic carbocycles. The molecular formula is C17H14BrN3O4S. The number of nitro groups is 1. The first kappa shape index (κ1) is 18.3. The molecular weight excluding hydrogens is 422 g/mol. The van der Waals surface area contributed by atoms with Crippen molar-refractivity contribution in [3.63, 3.8) is 0 Å². The van der Waals surface area contributed by atoms with Crippen molar-refractivity contribution < 1.29 is 14.5 Å². The number of hydrogen-bond donors (Lipinski definition) is 1. The zero-order valence-corrected chi connectivity index (χ0v) is 16.1. The quantitative estimate of drug-likeness (QED) is 0.452. The Bertz CT molecular complexity index is 989. The Morgan fingerprint density at radius 2 is 2.15 bits per heavy atom. The van der Waals surface area contributed by atoms with Crippen LogP contribution in [0.5, 0.6) is 5.75 Å². The zero-order chi connectivity index (χ0) is 18.7. The van der Waals surface area contributed by atoms with Crippen LogP contribution in [0.25, 0.3) is 10.2 Å². The number of ether oxygens (including phenoxy) is 1. The molecule has 0 unspecified atom stereocenters. The maximum atomic E-state index is 12.1. The molecule has 0 aliphatic carbocycles. The van der Waals surface area contributed by atoms with Crippen molar-refractivity contribution in [2.24, 2.45) is 0 Å². The first-order chi connectivity index (χ1) is 12.5. The second kappa shape index (κ2) is 7.79. The van der Waals surface area contributed by atoms with Gasteiger partial charge in [-0.15, -0.1) is 0 Å². The molecule has 0 spiro atoms. The van der Waals surface area contributed by atoms with Crippen molar-refractivity contribution in [3.8, 4) is 5.75 Å². The molecule has 1 N–H and O–H groups in total. The smallest absolute Gasteiger partial charge is 0.270 e. The van der Waals surface area contributed by atoms with E-state index in [4.69, 9.17) is 4.74 Å². The van der Waals surface area contributed by atoms with Crippen LogP contribution in [-0.4, -0.2) is 22.4 Å². The van der Waals surface area contributed by atoms with Crippen LogP contribution in [0.3, 0.4) is 0 Å². The fraction of sp³-hybridized carbons (Fsp3) is 0.176. The summed E-state index contributed by atoms with van der Waals surface area (Å²) in [5.74, 6) is 0.224. The topological polar surface area (TPSA) is 94.4 Å². The zero-order valence-electron chi connectivity index (χ0n) is 13.7. The van der Waals surface area contributed by atoms with Crippen molar-refractivity contribution in [2.45, 2.75) is 13.3 Å². The number of halogens is 1. The van der Waals surface area contributed by atoms with Gasteiger partial charge in [0.05, 0.1) is 19.6 Å². The van der Waals surface area contributed by atoms with Gasteiger partial charge in [0.2, 0.25) is 0 Å². The highest BCUT2D eigenvalue weighted by Crippen LogP contribution is 2.29. The molecule has 7 nitrogen and oxygen atoms in total. The van der Waals surface area contributed by atoms with Crippen LogP contribution in [0.1, 0.15) is 12.5 Å². The summed E-state index contributed by atoms with van der Waals surface area (Å²) in [4.78, 5) is 26.7. The fourth-order valence-electron chi connectivity index (χ4n) is 2.26. The molecule has 26 heavy (non-hydrogen) atoms. The number of amides is 1.